The standard InChI is InChI=1S/C21H16FN5O3S2/c1-12-4-5-13(9-15(12)22)23-17(28)11-32-21-25-24-20-26(10-14-3-2-7-30-14)19(29)18-16(27(20)21)6-8-31-18/h2-9H,10-11H2,1H3,(H,23,28). The second-order valence-corrected chi connectivity index (χ2v) is 8.88. The van der Waals surface area contributed by atoms with Crippen LogP contribution in [0.25, 0.3) is 16.0 Å². The number of rotatable bonds is 6. The van der Waals surface area contributed by atoms with Gasteiger partial charge in [-0.25, -0.2) is 4.39 Å². The molecule has 11 heteroatoms. The van der Waals surface area contributed by atoms with Gasteiger partial charge in [0.2, 0.25) is 11.7 Å². The maximum Gasteiger partial charge on any atom is 0.273 e. The lowest BCUT2D eigenvalue weighted by atomic mass is 10.2. The first-order chi connectivity index (χ1) is 15.5. The lowest BCUT2D eigenvalue weighted by Gasteiger charge is -2.08. The van der Waals surface area contributed by atoms with Crippen LogP contribution in [0.1, 0.15) is 11.3 Å². The molecule has 0 atom stereocenters. The number of furan rings is 1. The number of aryl methyl sites for hydroxylation is 1. The molecule has 0 fully saturated rings. The van der Waals surface area contributed by atoms with Crippen molar-refractivity contribution >= 4 is 50.7 Å². The summed E-state index contributed by atoms with van der Waals surface area (Å²) in [5.41, 5.74) is 1.39. The zero-order valence-electron chi connectivity index (χ0n) is 16.7. The highest BCUT2D eigenvalue weighted by Gasteiger charge is 2.19. The van der Waals surface area contributed by atoms with E-state index >= 15 is 0 Å². The number of nitrogens with one attached hydrogen (secondary N) is 1. The third-order valence-electron chi connectivity index (χ3n) is 4.86. The largest absolute Gasteiger partial charge is 0.467 e. The van der Waals surface area contributed by atoms with E-state index in [1.165, 1.54) is 33.7 Å². The molecule has 32 heavy (non-hydrogen) atoms. The minimum atomic E-state index is -0.381. The van der Waals surface area contributed by atoms with Crippen LogP contribution in [0.3, 0.4) is 0 Å². The average Bonchev–Trinajstić information content (AvgIpc) is 3.52. The first-order valence-corrected chi connectivity index (χ1v) is 11.4. The molecule has 8 nitrogen and oxygen atoms in total. The van der Waals surface area contributed by atoms with Gasteiger partial charge in [0, 0.05) is 5.69 Å². The van der Waals surface area contributed by atoms with Gasteiger partial charge in [0.05, 0.1) is 24.1 Å². The number of hydrogen-bond donors (Lipinski definition) is 1. The number of amides is 1. The highest BCUT2D eigenvalue weighted by Crippen LogP contribution is 2.25. The van der Waals surface area contributed by atoms with Crippen LogP contribution in [0.5, 0.6) is 0 Å². The normalized spacial score (nSPS) is 11.4. The Morgan fingerprint density at radius 2 is 2.16 bits per heavy atom. The number of aromatic nitrogens is 4. The zero-order chi connectivity index (χ0) is 22.2. The predicted octanol–water partition coefficient (Wildman–Crippen LogP) is 3.93. The highest BCUT2D eigenvalue weighted by atomic mass is 32.2. The van der Waals surface area contributed by atoms with Crippen LogP contribution in [0.4, 0.5) is 10.1 Å². The number of nitrogens with zero attached hydrogens (tertiary/aromatic N) is 4. The van der Waals surface area contributed by atoms with Crippen molar-refractivity contribution in [2.75, 3.05) is 11.1 Å². The summed E-state index contributed by atoms with van der Waals surface area (Å²) in [7, 11) is 0. The van der Waals surface area contributed by atoms with Gasteiger partial charge in [0.15, 0.2) is 5.16 Å². The highest BCUT2D eigenvalue weighted by molar-refractivity contribution is 7.99. The molecule has 0 unspecified atom stereocenters. The number of carbonyl (C=O) groups excluding carboxylic acids is 1. The summed E-state index contributed by atoms with van der Waals surface area (Å²) < 4.78 is 22.9. The third-order valence-corrected chi connectivity index (χ3v) is 6.69. The molecule has 1 N–H and O–H groups in total. The second-order valence-electron chi connectivity index (χ2n) is 7.02. The molecule has 0 bridgehead atoms. The second kappa shape index (κ2) is 8.24. The smallest absolute Gasteiger partial charge is 0.273 e. The summed E-state index contributed by atoms with van der Waals surface area (Å²) in [6, 6.07) is 9.91. The van der Waals surface area contributed by atoms with Gasteiger partial charge in [-0.1, -0.05) is 17.8 Å². The van der Waals surface area contributed by atoms with Crippen molar-refractivity contribution in [1.82, 2.24) is 19.2 Å². The van der Waals surface area contributed by atoms with Crippen LogP contribution in [0, 0.1) is 12.7 Å². The number of anilines is 1. The van der Waals surface area contributed by atoms with Crippen LogP contribution in [0.15, 0.2) is 62.4 Å². The molecule has 4 aromatic heterocycles. The lowest BCUT2D eigenvalue weighted by Crippen LogP contribution is -2.23. The Bertz CT molecular complexity index is 1500. The van der Waals surface area contributed by atoms with E-state index in [4.69, 9.17) is 4.42 Å². The van der Waals surface area contributed by atoms with E-state index in [0.717, 1.165) is 0 Å². The monoisotopic (exact) mass is 469 g/mol. The Morgan fingerprint density at radius 1 is 1.28 bits per heavy atom. The molecule has 1 aromatic carbocycles. The van der Waals surface area contributed by atoms with Gasteiger partial charge < -0.3 is 9.73 Å². The van der Waals surface area contributed by atoms with E-state index in [2.05, 4.69) is 15.5 Å². The summed E-state index contributed by atoms with van der Waals surface area (Å²) >= 11 is 2.51. The third kappa shape index (κ3) is 3.69. The SMILES string of the molecule is Cc1ccc(NC(=O)CSc2nnc3n(Cc4ccco4)c(=O)c4sccc4n23)cc1F. The molecule has 0 aliphatic carbocycles. The van der Waals surface area contributed by atoms with Crippen LogP contribution in [-0.4, -0.2) is 30.8 Å². The summed E-state index contributed by atoms with van der Waals surface area (Å²) in [5.74, 6) is 0.334. The molecular weight excluding hydrogens is 453 g/mol. The first kappa shape index (κ1) is 20.5. The zero-order valence-corrected chi connectivity index (χ0v) is 18.4. The van der Waals surface area contributed by atoms with E-state index < -0.39 is 0 Å². The van der Waals surface area contributed by atoms with Crippen molar-refractivity contribution in [2.45, 2.75) is 18.6 Å². The van der Waals surface area contributed by atoms with Crippen LogP contribution < -0.4 is 10.9 Å². The van der Waals surface area contributed by atoms with Crippen LogP contribution in [-0.2, 0) is 11.3 Å². The van der Waals surface area contributed by atoms with Crippen LogP contribution >= 0.6 is 23.1 Å². The minimum absolute atomic E-state index is 0.0409. The number of halogens is 1. The van der Waals surface area contributed by atoms with Gasteiger partial charge in [-0.05, 0) is 48.2 Å². The van der Waals surface area contributed by atoms with E-state index in [9.17, 15) is 14.0 Å². The average molecular weight is 470 g/mol. The van der Waals surface area contributed by atoms with Crippen molar-refractivity contribution < 1.29 is 13.6 Å². The summed E-state index contributed by atoms with van der Waals surface area (Å²) in [4.78, 5) is 25.4. The minimum Gasteiger partial charge on any atom is -0.467 e. The maximum absolute atomic E-state index is 13.7. The Labute approximate surface area is 188 Å². The molecule has 0 spiro atoms. The summed E-state index contributed by atoms with van der Waals surface area (Å²) in [5, 5.41) is 13.4. The molecule has 0 saturated carbocycles. The molecule has 5 aromatic rings. The number of benzene rings is 1. The Hall–Kier alpha value is -3.44. The Morgan fingerprint density at radius 3 is 2.94 bits per heavy atom. The molecular formula is C21H16FN5O3S2. The quantitative estimate of drug-likeness (QED) is 0.379. The number of thiophene rings is 1. The maximum atomic E-state index is 13.7. The van der Waals surface area contributed by atoms with Gasteiger partial charge in [-0.3, -0.25) is 18.6 Å². The van der Waals surface area contributed by atoms with Gasteiger partial charge >= 0.3 is 0 Å². The Kier molecular flexibility index (Phi) is 5.27. The molecule has 162 valence electrons. The van der Waals surface area contributed by atoms with Crippen molar-refractivity contribution in [3.05, 3.63) is 75.5 Å². The molecule has 0 aliphatic rings. The fourth-order valence-electron chi connectivity index (χ4n) is 3.29. The van der Waals surface area contributed by atoms with Gasteiger partial charge in [-0.2, -0.15) is 0 Å². The van der Waals surface area contributed by atoms with E-state index in [-0.39, 0.29) is 29.6 Å². The summed E-state index contributed by atoms with van der Waals surface area (Å²) in [6.45, 7) is 1.87. The number of thioether (sulfide) groups is 1. The first-order valence-electron chi connectivity index (χ1n) is 9.57. The van der Waals surface area contributed by atoms with E-state index in [1.807, 2.05) is 11.4 Å². The van der Waals surface area contributed by atoms with Crippen molar-refractivity contribution in [3.63, 3.8) is 0 Å². The number of carbonyl (C=O) groups is 1. The molecule has 0 saturated heterocycles. The van der Waals surface area contributed by atoms with Gasteiger partial charge in [0.25, 0.3) is 5.56 Å². The fraction of sp³-hybridized carbons (Fsp3) is 0.143. The Balaban J connectivity index is 1.44. The van der Waals surface area contributed by atoms with Gasteiger partial charge in [0.1, 0.15) is 16.3 Å². The fourth-order valence-corrected chi connectivity index (χ4v) is 4.86. The van der Waals surface area contributed by atoms with Gasteiger partial charge in [-0.15, -0.1) is 21.5 Å². The predicted molar refractivity (Wildman–Crippen MR) is 121 cm³/mol. The molecule has 5 rings (SSSR count). The number of fused-ring (bicyclic) bond motifs is 3. The summed E-state index contributed by atoms with van der Waals surface area (Å²) in [6.07, 6.45) is 1.55. The molecule has 0 radical (unpaired) electrons. The van der Waals surface area contributed by atoms with Crippen molar-refractivity contribution in [2.24, 2.45) is 0 Å². The van der Waals surface area contributed by atoms with Crippen molar-refractivity contribution in [3.8, 4) is 0 Å². The molecule has 4 heterocycles. The topological polar surface area (TPSA) is 94.4 Å². The van der Waals surface area contributed by atoms with Crippen molar-refractivity contribution in [1.29, 1.82) is 0 Å². The van der Waals surface area contributed by atoms with E-state index in [0.29, 0.717) is 38.2 Å². The van der Waals surface area contributed by atoms with Crippen LogP contribution in [0.2, 0.25) is 0 Å². The molecule has 0 aliphatic heterocycles. The number of hydrogen-bond acceptors (Lipinski definition) is 7. The lowest BCUT2D eigenvalue weighted by molar-refractivity contribution is -0.113. The van der Waals surface area contributed by atoms with E-state index in [1.54, 1.807) is 41.9 Å². The molecule has 1 amide bonds.